The van der Waals surface area contributed by atoms with Crippen molar-refractivity contribution in [3.63, 3.8) is 0 Å². The van der Waals surface area contributed by atoms with E-state index in [4.69, 9.17) is 16.3 Å². The second-order valence-electron chi connectivity index (χ2n) is 5.09. The second kappa shape index (κ2) is 7.59. The summed E-state index contributed by atoms with van der Waals surface area (Å²) in [7, 11) is 0. The van der Waals surface area contributed by atoms with E-state index in [1.165, 1.54) is 25.0 Å². The molecule has 1 aliphatic carbocycles. The summed E-state index contributed by atoms with van der Waals surface area (Å²) < 4.78 is 18.8. The average molecular weight is 317 g/mol. The van der Waals surface area contributed by atoms with Crippen LogP contribution in [0, 0.1) is 11.7 Å². The number of carbonyl (C=O) groups is 1. The lowest BCUT2D eigenvalue weighted by Gasteiger charge is -2.13. The summed E-state index contributed by atoms with van der Waals surface area (Å²) in [4.78, 5) is 11.6. The molecule has 21 heavy (non-hydrogen) atoms. The number of benzene rings is 1. The zero-order valence-electron chi connectivity index (χ0n) is 11.4. The molecule has 0 saturated heterocycles. The van der Waals surface area contributed by atoms with Crippen LogP contribution in [-0.2, 0) is 4.74 Å². The minimum Gasteiger partial charge on any atom is -0.389 e. The standard InChI is InChI=1S/C14H18ClFN2O3/c15-10-3-4-13(12(16)5-10)18-14(20)17-6-11(19)8-21-7-9-1-2-9/h3-5,9,11,19H,1-2,6-8H2,(H2,17,18,20). The Hall–Kier alpha value is -1.37. The number of aliphatic hydroxyl groups is 1. The zero-order chi connectivity index (χ0) is 15.2. The molecule has 0 spiro atoms. The zero-order valence-corrected chi connectivity index (χ0v) is 12.2. The van der Waals surface area contributed by atoms with Gasteiger partial charge in [0, 0.05) is 18.2 Å². The van der Waals surface area contributed by atoms with Crippen LogP contribution in [0.1, 0.15) is 12.8 Å². The van der Waals surface area contributed by atoms with Gasteiger partial charge in [-0.3, -0.25) is 0 Å². The molecule has 1 saturated carbocycles. The van der Waals surface area contributed by atoms with Crippen LogP contribution in [0.5, 0.6) is 0 Å². The minimum atomic E-state index is -0.787. The highest BCUT2D eigenvalue weighted by Gasteiger charge is 2.21. The number of nitrogens with one attached hydrogen (secondary N) is 2. The summed E-state index contributed by atoms with van der Waals surface area (Å²) in [6.07, 6.45) is 1.58. The van der Waals surface area contributed by atoms with Crippen LogP contribution < -0.4 is 10.6 Å². The normalized spacial score (nSPS) is 15.6. The van der Waals surface area contributed by atoms with Gasteiger partial charge < -0.3 is 20.5 Å². The van der Waals surface area contributed by atoms with Crippen LogP contribution in [0.2, 0.25) is 5.02 Å². The third kappa shape index (κ3) is 5.87. The molecule has 0 aliphatic heterocycles. The molecular formula is C14H18ClFN2O3. The van der Waals surface area contributed by atoms with E-state index in [1.807, 2.05) is 0 Å². The number of anilines is 1. The van der Waals surface area contributed by atoms with Crippen LogP contribution in [-0.4, -0.2) is 37.0 Å². The summed E-state index contributed by atoms with van der Waals surface area (Å²) >= 11 is 5.62. The van der Waals surface area contributed by atoms with Crippen molar-refractivity contribution in [1.82, 2.24) is 5.32 Å². The lowest BCUT2D eigenvalue weighted by Crippen LogP contribution is -2.37. The summed E-state index contributed by atoms with van der Waals surface area (Å²) in [6.45, 7) is 0.858. The first-order valence-electron chi connectivity index (χ1n) is 6.80. The average Bonchev–Trinajstić information content (AvgIpc) is 3.24. The Bertz CT molecular complexity index is 497. The summed E-state index contributed by atoms with van der Waals surface area (Å²) in [5, 5.41) is 14.7. The molecule has 2 rings (SSSR count). The van der Waals surface area contributed by atoms with Gasteiger partial charge in [0.2, 0.25) is 0 Å². The van der Waals surface area contributed by atoms with Crippen molar-refractivity contribution in [2.24, 2.45) is 5.92 Å². The van der Waals surface area contributed by atoms with Crippen molar-refractivity contribution >= 4 is 23.3 Å². The molecule has 1 aromatic carbocycles. The van der Waals surface area contributed by atoms with Crippen molar-refractivity contribution in [2.75, 3.05) is 25.1 Å². The van der Waals surface area contributed by atoms with Crippen molar-refractivity contribution in [3.05, 3.63) is 29.0 Å². The van der Waals surface area contributed by atoms with E-state index in [-0.39, 0.29) is 23.9 Å². The van der Waals surface area contributed by atoms with Crippen LogP contribution in [0.15, 0.2) is 18.2 Å². The van der Waals surface area contributed by atoms with Crippen molar-refractivity contribution in [1.29, 1.82) is 0 Å². The Balaban J connectivity index is 1.66. The summed E-state index contributed by atoms with van der Waals surface area (Å²) in [6, 6.07) is 3.35. The van der Waals surface area contributed by atoms with Gasteiger partial charge in [0.15, 0.2) is 0 Å². The van der Waals surface area contributed by atoms with E-state index < -0.39 is 18.0 Å². The van der Waals surface area contributed by atoms with E-state index in [0.29, 0.717) is 12.5 Å². The Kier molecular flexibility index (Phi) is 5.78. The fraction of sp³-hybridized carbons (Fsp3) is 0.500. The van der Waals surface area contributed by atoms with Crippen molar-refractivity contribution in [2.45, 2.75) is 18.9 Å². The maximum atomic E-state index is 13.5. The fourth-order valence-electron chi connectivity index (χ4n) is 1.68. The predicted octanol–water partition coefficient (Wildman–Crippen LogP) is 2.39. The molecule has 1 fully saturated rings. The molecule has 116 valence electrons. The molecule has 1 aliphatic rings. The quantitative estimate of drug-likeness (QED) is 0.723. The largest absolute Gasteiger partial charge is 0.389 e. The number of ether oxygens (including phenoxy) is 1. The van der Waals surface area contributed by atoms with E-state index in [1.54, 1.807) is 0 Å². The van der Waals surface area contributed by atoms with Crippen molar-refractivity contribution < 1.29 is 19.0 Å². The van der Waals surface area contributed by atoms with Gasteiger partial charge in [0.05, 0.1) is 18.4 Å². The molecule has 5 nitrogen and oxygen atoms in total. The maximum Gasteiger partial charge on any atom is 0.319 e. The van der Waals surface area contributed by atoms with E-state index in [0.717, 1.165) is 6.07 Å². The van der Waals surface area contributed by atoms with E-state index in [2.05, 4.69) is 10.6 Å². The number of urea groups is 1. The molecule has 7 heteroatoms. The van der Waals surface area contributed by atoms with Gasteiger partial charge in [-0.2, -0.15) is 0 Å². The number of hydrogen-bond acceptors (Lipinski definition) is 3. The SMILES string of the molecule is O=C(NCC(O)COCC1CC1)Nc1ccc(Cl)cc1F. The topological polar surface area (TPSA) is 70.6 Å². The Morgan fingerprint density at radius 1 is 1.52 bits per heavy atom. The first-order chi connectivity index (χ1) is 10.0. The number of amides is 2. The van der Waals surface area contributed by atoms with Crippen LogP contribution in [0.3, 0.4) is 0 Å². The highest BCUT2D eigenvalue weighted by molar-refractivity contribution is 6.30. The first kappa shape index (κ1) is 16.0. The summed E-state index contributed by atoms with van der Waals surface area (Å²) in [5.74, 6) is 0.00676. The molecule has 1 atom stereocenters. The molecule has 1 aromatic rings. The number of hydrogen-bond donors (Lipinski definition) is 3. The number of rotatable bonds is 7. The van der Waals surface area contributed by atoms with Gasteiger partial charge in [-0.15, -0.1) is 0 Å². The lowest BCUT2D eigenvalue weighted by atomic mass is 10.3. The smallest absolute Gasteiger partial charge is 0.319 e. The van der Waals surface area contributed by atoms with Gasteiger partial charge >= 0.3 is 6.03 Å². The highest BCUT2D eigenvalue weighted by atomic mass is 35.5. The molecule has 2 amide bonds. The molecule has 1 unspecified atom stereocenters. The Labute approximate surface area is 127 Å². The Morgan fingerprint density at radius 3 is 2.95 bits per heavy atom. The first-order valence-corrected chi connectivity index (χ1v) is 7.18. The molecule has 3 N–H and O–H groups in total. The van der Waals surface area contributed by atoms with Crippen LogP contribution in [0.25, 0.3) is 0 Å². The van der Waals surface area contributed by atoms with E-state index in [9.17, 15) is 14.3 Å². The van der Waals surface area contributed by atoms with E-state index >= 15 is 0 Å². The third-order valence-corrected chi connectivity index (χ3v) is 3.27. The molecule has 0 heterocycles. The van der Waals surface area contributed by atoms with Gasteiger partial charge in [0.25, 0.3) is 0 Å². The minimum absolute atomic E-state index is 0.0244. The maximum absolute atomic E-state index is 13.5. The monoisotopic (exact) mass is 316 g/mol. The second-order valence-corrected chi connectivity index (χ2v) is 5.53. The summed E-state index contributed by atoms with van der Waals surface area (Å²) in [5.41, 5.74) is 0.0244. The van der Waals surface area contributed by atoms with Crippen molar-refractivity contribution in [3.8, 4) is 0 Å². The third-order valence-electron chi connectivity index (χ3n) is 3.04. The number of aliphatic hydroxyl groups excluding tert-OH is 1. The fourth-order valence-corrected chi connectivity index (χ4v) is 1.84. The van der Waals surface area contributed by atoms with Gasteiger partial charge in [0.1, 0.15) is 5.82 Å². The van der Waals surface area contributed by atoms with Crippen LogP contribution >= 0.6 is 11.6 Å². The lowest BCUT2D eigenvalue weighted by molar-refractivity contribution is 0.0339. The molecular weight excluding hydrogens is 299 g/mol. The van der Waals surface area contributed by atoms with Gasteiger partial charge in [-0.1, -0.05) is 11.6 Å². The predicted molar refractivity (Wildman–Crippen MR) is 78.0 cm³/mol. The number of carbonyl (C=O) groups excluding carboxylic acids is 1. The Morgan fingerprint density at radius 2 is 2.29 bits per heavy atom. The number of halogens is 2. The molecule has 0 bridgehead atoms. The molecule has 0 aromatic heterocycles. The van der Waals surface area contributed by atoms with Gasteiger partial charge in [-0.05, 0) is 37.0 Å². The van der Waals surface area contributed by atoms with Gasteiger partial charge in [-0.25, -0.2) is 9.18 Å². The van der Waals surface area contributed by atoms with Crippen LogP contribution in [0.4, 0.5) is 14.9 Å². The molecule has 0 radical (unpaired) electrons. The highest BCUT2D eigenvalue weighted by Crippen LogP contribution is 2.28.